The van der Waals surface area contributed by atoms with Crippen LogP contribution in [0.1, 0.15) is 32.6 Å². The summed E-state index contributed by atoms with van der Waals surface area (Å²) in [5, 5.41) is 0. The first kappa shape index (κ1) is 15.7. The van der Waals surface area contributed by atoms with Crippen LogP contribution in [-0.2, 0) is 4.79 Å². The quantitative estimate of drug-likeness (QED) is 0.750. The molecule has 0 atom stereocenters. The highest BCUT2D eigenvalue weighted by atomic mass is 19.2. The molecule has 0 unspecified atom stereocenters. The van der Waals surface area contributed by atoms with Gasteiger partial charge in [0.25, 0.3) is 0 Å². The lowest BCUT2D eigenvalue weighted by Gasteiger charge is -2.25. The third-order valence-corrected chi connectivity index (χ3v) is 3.87. The van der Waals surface area contributed by atoms with E-state index in [0.29, 0.717) is 6.61 Å². The molecule has 1 fully saturated rings. The third-order valence-electron chi connectivity index (χ3n) is 3.87. The van der Waals surface area contributed by atoms with Gasteiger partial charge in [0.1, 0.15) is 6.29 Å². The molecular formula is C16H20F2O3. The van der Waals surface area contributed by atoms with Crippen LogP contribution >= 0.6 is 0 Å². The van der Waals surface area contributed by atoms with Crippen molar-refractivity contribution in [1.29, 1.82) is 0 Å². The zero-order valence-electron chi connectivity index (χ0n) is 12.1. The Balaban J connectivity index is 1.92. The lowest BCUT2D eigenvalue weighted by molar-refractivity contribution is -0.112. The first-order chi connectivity index (χ1) is 10.2. The van der Waals surface area contributed by atoms with Crippen LogP contribution in [0, 0.1) is 23.5 Å². The van der Waals surface area contributed by atoms with Crippen molar-refractivity contribution in [3.63, 3.8) is 0 Å². The second-order valence-electron chi connectivity index (χ2n) is 5.35. The van der Waals surface area contributed by atoms with Gasteiger partial charge in [-0.05, 0) is 50.7 Å². The van der Waals surface area contributed by atoms with Gasteiger partial charge in [-0.3, -0.25) is 0 Å². The minimum absolute atomic E-state index is 0.0894. The van der Waals surface area contributed by atoms with Crippen LogP contribution in [0.5, 0.6) is 11.5 Å². The maximum Gasteiger partial charge on any atom is 0.204 e. The van der Waals surface area contributed by atoms with Gasteiger partial charge in [-0.2, -0.15) is 8.78 Å². The molecule has 1 saturated carbocycles. The second kappa shape index (κ2) is 7.38. The molecule has 1 aliphatic rings. The Bertz CT molecular complexity index is 483. The molecule has 1 aliphatic carbocycles. The van der Waals surface area contributed by atoms with E-state index in [0.717, 1.165) is 32.0 Å². The number of carbonyl (C=O) groups excluding carboxylic acids is 1. The van der Waals surface area contributed by atoms with E-state index in [2.05, 4.69) is 0 Å². The first-order valence-corrected chi connectivity index (χ1v) is 7.34. The van der Waals surface area contributed by atoms with Crippen molar-refractivity contribution < 1.29 is 23.0 Å². The molecule has 5 heteroatoms. The zero-order chi connectivity index (χ0) is 15.2. The molecule has 0 spiro atoms. The number of rotatable bonds is 6. The van der Waals surface area contributed by atoms with Gasteiger partial charge in [-0.1, -0.05) is 0 Å². The molecule has 0 amide bonds. The lowest BCUT2D eigenvalue weighted by atomic mass is 9.83. The Morgan fingerprint density at radius 1 is 1.10 bits per heavy atom. The SMILES string of the molecule is CCOc1ccc(OCC2CCC(C=O)CC2)c(F)c1F. The summed E-state index contributed by atoms with van der Waals surface area (Å²) < 4.78 is 37.9. The van der Waals surface area contributed by atoms with Gasteiger partial charge in [0.05, 0.1) is 13.2 Å². The smallest absolute Gasteiger partial charge is 0.204 e. The molecule has 116 valence electrons. The predicted molar refractivity (Wildman–Crippen MR) is 74.5 cm³/mol. The van der Waals surface area contributed by atoms with Crippen LogP contribution in [-0.4, -0.2) is 19.5 Å². The molecule has 2 rings (SSSR count). The second-order valence-corrected chi connectivity index (χ2v) is 5.35. The third kappa shape index (κ3) is 3.93. The number of aldehydes is 1. The fourth-order valence-corrected chi connectivity index (χ4v) is 2.59. The molecule has 0 aromatic heterocycles. The van der Waals surface area contributed by atoms with Gasteiger partial charge in [-0.25, -0.2) is 0 Å². The van der Waals surface area contributed by atoms with Crippen molar-refractivity contribution in [3.05, 3.63) is 23.8 Å². The van der Waals surface area contributed by atoms with Gasteiger partial charge < -0.3 is 14.3 Å². The monoisotopic (exact) mass is 298 g/mol. The fourth-order valence-electron chi connectivity index (χ4n) is 2.59. The molecule has 21 heavy (non-hydrogen) atoms. The van der Waals surface area contributed by atoms with E-state index < -0.39 is 11.6 Å². The number of carbonyl (C=O) groups is 1. The Labute approximate surface area is 123 Å². The van der Waals surface area contributed by atoms with Crippen LogP contribution in [0.15, 0.2) is 12.1 Å². The topological polar surface area (TPSA) is 35.5 Å². The van der Waals surface area contributed by atoms with Crippen molar-refractivity contribution in [2.24, 2.45) is 11.8 Å². The Morgan fingerprint density at radius 2 is 1.67 bits per heavy atom. The highest BCUT2D eigenvalue weighted by Crippen LogP contribution is 2.31. The summed E-state index contributed by atoms with van der Waals surface area (Å²) in [5.41, 5.74) is 0. The van der Waals surface area contributed by atoms with E-state index in [9.17, 15) is 13.6 Å². The molecule has 1 aromatic rings. The largest absolute Gasteiger partial charge is 0.491 e. The van der Waals surface area contributed by atoms with Gasteiger partial charge in [0, 0.05) is 5.92 Å². The van der Waals surface area contributed by atoms with Crippen molar-refractivity contribution >= 4 is 6.29 Å². The van der Waals surface area contributed by atoms with Crippen LogP contribution in [0.25, 0.3) is 0 Å². The summed E-state index contributed by atoms with van der Waals surface area (Å²) in [5.74, 6) is -1.79. The highest BCUT2D eigenvalue weighted by molar-refractivity contribution is 5.53. The summed E-state index contributed by atoms with van der Waals surface area (Å²) in [7, 11) is 0. The number of benzene rings is 1. The number of ether oxygens (including phenoxy) is 2. The molecule has 0 aliphatic heterocycles. The van der Waals surface area contributed by atoms with Crippen LogP contribution in [0.4, 0.5) is 8.78 Å². The summed E-state index contributed by atoms with van der Waals surface area (Å²) in [4.78, 5) is 10.7. The lowest BCUT2D eigenvalue weighted by Crippen LogP contribution is -2.21. The number of hydrogen-bond donors (Lipinski definition) is 0. The number of hydrogen-bond acceptors (Lipinski definition) is 3. The maximum atomic E-state index is 13.8. The Hall–Kier alpha value is -1.65. The van der Waals surface area contributed by atoms with E-state index in [4.69, 9.17) is 9.47 Å². The van der Waals surface area contributed by atoms with Gasteiger partial charge in [0.15, 0.2) is 11.5 Å². The Morgan fingerprint density at radius 3 is 2.19 bits per heavy atom. The molecule has 0 bridgehead atoms. The summed E-state index contributed by atoms with van der Waals surface area (Å²) >= 11 is 0. The van der Waals surface area contributed by atoms with Crippen LogP contribution < -0.4 is 9.47 Å². The molecule has 0 heterocycles. The van der Waals surface area contributed by atoms with E-state index in [-0.39, 0.29) is 29.9 Å². The molecular weight excluding hydrogens is 278 g/mol. The van der Waals surface area contributed by atoms with Crippen molar-refractivity contribution in [2.45, 2.75) is 32.6 Å². The van der Waals surface area contributed by atoms with Gasteiger partial charge in [-0.15, -0.1) is 0 Å². The molecule has 0 radical (unpaired) electrons. The summed E-state index contributed by atoms with van der Waals surface area (Å²) in [6, 6.07) is 2.76. The van der Waals surface area contributed by atoms with Crippen LogP contribution in [0.3, 0.4) is 0 Å². The van der Waals surface area contributed by atoms with E-state index in [1.807, 2.05) is 0 Å². The number of halogens is 2. The average Bonchev–Trinajstić information content (AvgIpc) is 2.52. The normalized spacial score (nSPS) is 21.9. The molecule has 3 nitrogen and oxygen atoms in total. The van der Waals surface area contributed by atoms with E-state index >= 15 is 0 Å². The van der Waals surface area contributed by atoms with Crippen molar-refractivity contribution in [2.75, 3.05) is 13.2 Å². The summed E-state index contributed by atoms with van der Waals surface area (Å²) in [6.45, 7) is 2.32. The standard InChI is InChI=1S/C16H20F2O3/c1-2-20-13-7-8-14(16(18)15(13)17)21-10-12-5-3-11(9-19)4-6-12/h7-9,11-12H,2-6,10H2,1H3. The molecule has 0 saturated heterocycles. The fraction of sp³-hybridized carbons (Fsp3) is 0.562. The maximum absolute atomic E-state index is 13.8. The van der Waals surface area contributed by atoms with E-state index in [1.54, 1.807) is 6.92 Å². The Kier molecular flexibility index (Phi) is 5.53. The average molecular weight is 298 g/mol. The van der Waals surface area contributed by atoms with Gasteiger partial charge >= 0.3 is 0 Å². The predicted octanol–water partition coefficient (Wildman–Crippen LogP) is 3.75. The molecule has 0 N–H and O–H groups in total. The summed E-state index contributed by atoms with van der Waals surface area (Å²) in [6.07, 6.45) is 4.45. The minimum Gasteiger partial charge on any atom is -0.491 e. The zero-order valence-corrected chi connectivity index (χ0v) is 12.1. The highest BCUT2D eigenvalue weighted by Gasteiger charge is 2.22. The van der Waals surface area contributed by atoms with Crippen molar-refractivity contribution in [3.8, 4) is 11.5 Å². The van der Waals surface area contributed by atoms with Crippen molar-refractivity contribution in [1.82, 2.24) is 0 Å². The van der Waals surface area contributed by atoms with Gasteiger partial charge in [0.2, 0.25) is 11.6 Å². The van der Waals surface area contributed by atoms with Crippen LogP contribution in [0.2, 0.25) is 0 Å². The minimum atomic E-state index is -1.01. The first-order valence-electron chi connectivity index (χ1n) is 7.34. The molecule has 1 aromatic carbocycles. The van der Waals surface area contributed by atoms with E-state index in [1.165, 1.54) is 12.1 Å².